The Morgan fingerprint density at radius 3 is 2.45 bits per heavy atom. The predicted molar refractivity (Wildman–Crippen MR) is 127 cm³/mol. The van der Waals surface area contributed by atoms with Gasteiger partial charge in [0.05, 0.1) is 0 Å². The molecule has 6 atom stereocenters. The number of ketones is 1. The highest BCUT2D eigenvalue weighted by Gasteiger charge is 2.60. The number of allylic oxidation sites excluding steroid dienone is 1. The van der Waals surface area contributed by atoms with Gasteiger partial charge in [-0.1, -0.05) is 19.4 Å². The second-order valence-electron chi connectivity index (χ2n) is 12.4. The van der Waals surface area contributed by atoms with Gasteiger partial charge >= 0.3 is 6.09 Å². The van der Waals surface area contributed by atoms with Gasteiger partial charge in [0.25, 0.3) is 0 Å². The summed E-state index contributed by atoms with van der Waals surface area (Å²) in [5, 5.41) is 5.79. The first-order valence-corrected chi connectivity index (χ1v) is 12.9. The molecule has 0 aromatic rings. The van der Waals surface area contributed by atoms with E-state index in [2.05, 4.69) is 24.5 Å². The van der Waals surface area contributed by atoms with Gasteiger partial charge in [-0.2, -0.15) is 0 Å². The number of carbonyl (C=O) groups is 3. The van der Waals surface area contributed by atoms with Crippen LogP contribution in [0.25, 0.3) is 0 Å². The summed E-state index contributed by atoms with van der Waals surface area (Å²) in [7, 11) is 0. The van der Waals surface area contributed by atoms with Gasteiger partial charge in [-0.15, -0.1) is 0 Å². The van der Waals surface area contributed by atoms with E-state index in [1.54, 1.807) is 0 Å². The molecule has 6 heteroatoms. The average molecular weight is 459 g/mol. The molecule has 0 saturated heterocycles. The van der Waals surface area contributed by atoms with Gasteiger partial charge in [0.2, 0.25) is 5.91 Å². The molecule has 1 unspecified atom stereocenters. The molecular formula is C27H42N2O4. The highest BCUT2D eigenvalue weighted by Crippen LogP contribution is 2.66. The number of hydrogen-bond acceptors (Lipinski definition) is 4. The lowest BCUT2D eigenvalue weighted by molar-refractivity contribution is -0.132. The topological polar surface area (TPSA) is 84.5 Å². The Morgan fingerprint density at radius 2 is 1.73 bits per heavy atom. The summed E-state index contributed by atoms with van der Waals surface area (Å²) in [6.45, 7) is 11.0. The third kappa shape index (κ3) is 4.59. The summed E-state index contributed by atoms with van der Waals surface area (Å²) < 4.78 is 5.25. The van der Waals surface area contributed by atoms with Gasteiger partial charge in [0, 0.05) is 25.4 Å². The number of amides is 2. The Bertz CT molecular complexity index is 844. The van der Waals surface area contributed by atoms with Crippen LogP contribution in [0.15, 0.2) is 11.6 Å². The van der Waals surface area contributed by atoms with Crippen molar-refractivity contribution in [1.82, 2.24) is 10.6 Å². The second-order valence-corrected chi connectivity index (χ2v) is 12.4. The van der Waals surface area contributed by atoms with Gasteiger partial charge < -0.3 is 15.4 Å². The number of alkyl carbamates (subject to hydrolysis) is 1. The van der Waals surface area contributed by atoms with Crippen molar-refractivity contribution >= 4 is 17.8 Å². The zero-order valence-electron chi connectivity index (χ0n) is 21.1. The number of hydrogen-bond donors (Lipinski definition) is 2. The molecule has 2 N–H and O–H groups in total. The molecule has 0 heterocycles. The van der Waals surface area contributed by atoms with E-state index in [0.717, 1.165) is 44.9 Å². The lowest BCUT2D eigenvalue weighted by atomic mass is 9.47. The maximum Gasteiger partial charge on any atom is 0.407 e. The van der Waals surface area contributed by atoms with Crippen molar-refractivity contribution in [1.29, 1.82) is 0 Å². The van der Waals surface area contributed by atoms with E-state index in [4.69, 9.17) is 4.74 Å². The van der Waals surface area contributed by atoms with Gasteiger partial charge in [0.1, 0.15) is 5.60 Å². The molecule has 6 nitrogen and oxygen atoms in total. The number of fused-ring (bicyclic) bond motifs is 5. The molecule has 4 rings (SSSR count). The van der Waals surface area contributed by atoms with Gasteiger partial charge in [-0.05, 0) is 100 Å². The summed E-state index contributed by atoms with van der Waals surface area (Å²) in [6.07, 6.45) is 9.72. The van der Waals surface area contributed by atoms with E-state index in [1.165, 1.54) is 5.57 Å². The maximum atomic E-state index is 13.2. The van der Waals surface area contributed by atoms with Crippen LogP contribution >= 0.6 is 0 Å². The standard InChI is InChI=1S/C27H42N2O4/c1-25(2,3)33-24(32)29-15-14-28-23(31)22-9-8-20-19-7-6-17-16-18(30)10-12-26(17,4)21(19)11-13-27(20,22)5/h16,19-22H,6-15H2,1-5H3,(H,28,31)(H,29,32)/t19-,20-,21-,22?,26-,27-/m0/s1. The van der Waals surface area contributed by atoms with Crippen molar-refractivity contribution in [2.24, 2.45) is 34.5 Å². The average Bonchev–Trinajstić information content (AvgIpc) is 3.07. The monoisotopic (exact) mass is 458 g/mol. The molecule has 0 aromatic heterocycles. The van der Waals surface area contributed by atoms with E-state index < -0.39 is 11.7 Å². The van der Waals surface area contributed by atoms with Crippen molar-refractivity contribution in [2.75, 3.05) is 13.1 Å². The first kappa shape index (κ1) is 24.3. The minimum absolute atomic E-state index is 0.0441. The van der Waals surface area contributed by atoms with Crippen molar-refractivity contribution in [2.45, 2.75) is 91.6 Å². The van der Waals surface area contributed by atoms with Crippen LogP contribution < -0.4 is 10.6 Å². The van der Waals surface area contributed by atoms with E-state index in [9.17, 15) is 14.4 Å². The molecular weight excluding hydrogens is 416 g/mol. The third-order valence-corrected chi connectivity index (χ3v) is 9.37. The van der Waals surface area contributed by atoms with Crippen LogP contribution in [0.1, 0.15) is 86.0 Å². The lowest BCUT2D eigenvalue weighted by Crippen LogP contribution is -2.52. The summed E-state index contributed by atoms with van der Waals surface area (Å²) >= 11 is 0. The highest BCUT2D eigenvalue weighted by molar-refractivity contribution is 5.91. The number of rotatable bonds is 4. The zero-order chi connectivity index (χ0) is 24.0. The fourth-order valence-electron chi connectivity index (χ4n) is 7.78. The number of nitrogens with one attached hydrogen (secondary N) is 2. The Hall–Kier alpha value is -1.85. The molecule has 0 spiro atoms. The van der Waals surface area contributed by atoms with Crippen molar-refractivity contribution in [3.8, 4) is 0 Å². The molecule has 0 bridgehead atoms. The molecule has 4 aliphatic rings. The van der Waals surface area contributed by atoms with Crippen molar-refractivity contribution in [3.63, 3.8) is 0 Å². The van der Waals surface area contributed by atoms with Crippen LogP contribution in [0.2, 0.25) is 0 Å². The lowest BCUT2D eigenvalue weighted by Gasteiger charge is -2.58. The Labute approximate surface area is 198 Å². The Balaban J connectivity index is 1.35. The van der Waals surface area contributed by atoms with E-state index in [-0.39, 0.29) is 22.7 Å². The summed E-state index contributed by atoms with van der Waals surface area (Å²) in [5.74, 6) is 2.37. The molecule has 2 amide bonds. The first-order chi connectivity index (χ1) is 15.4. The van der Waals surface area contributed by atoms with Gasteiger partial charge in [-0.25, -0.2) is 4.79 Å². The predicted octanol–water partition coefficient (Wildman–Crippen LogP) is 4.78. The summed E-state index contributed by atoms with van der Waals surface area (Å²) in [6, 6.07) is 0. The summed E-state index contributed by atoms with van der Waals surface area (Å²) in [5.41, 5.74) is 1.09. The Kier molecular flexibility index (Phi) is 6.43. The van der Waals surface area contributed by atoms with Crippen molar-refractivity contribution in [3.05, 3.63) is 11.6 Å². The highest BCUT2D eigenvalue weighted by atomic mass is 16.6. The molecule has 184 valence electrons. The number of carbonyl (C=O) groups excluding carboxylic acids is 3. The minimum Gasteiger partial charge on any atom is -0.444 e. The van der Waals surface area contributed by atoms with Crippen LogP contribution in [-0.2, 0) is 14.3 Å². The fraction of sp³-hybridized carbons (Fsp3) is 0.815. The van der Waals surface area contributed by atoms with Gasteiger partial charge in [-0.3, -0.25) is 9.59 Å². The molecule has 3 saturated carbocycles. The first-order valence-electron chi connectivity index (χ1n) is 12.9. The molecule has 0 aliphatic heterocycles. The third-order valence-electron chi connectivity index (χ3n) is 9.37. The number of ether oxygens (including phenoxy) is 1. The minimum atomic E-state index is -0.528. The smallest absolute Gasteiger partial charge is 0.407 e. The molecule has 3 fully saturated rings. The summed E-state index contributed by atoms with van der Waals surface area (Å²) in [4.78, 5) is 37.0. The Morgan fingerprint density at radius 1 is 1.00 bits per heavy atom. The van der Waals surface area contributed by atoms with E-state index in [0.29, 0.717) is 43.0 Å². The van der Waals surface area contributed by atoms with Crippen LogP contribution in [0, 0.1) is 34.5 Å². The SMILES string of the molecule is CC(C)(C)OC(=O)NCCNC(=O)C1CC[C@H]2[C@@H]3CCC4=CC(=O)CC[C@]4(C)[C@H]3CC[C@]12C. The van der Waals surface area contributed by atoms with Crippen LogP contribution in [0.3, 0.4) is 0 Å². The van der Waals surface area contributed by atoms with Crippen LogP contribution in [0.5, 0.6) is 0 Å². The largest absolute Gasteiger partial charge is 0.444 e. The molecule has 33 heavy (non-hydrogen) atoms. The normalized spacial score (nSPS) is 37.8. The van der Waals surface area contributed by atoms with Crippen LogP contribution in [0.4, 0.5) is 4.79 Å². The van der Waals surface area contributed by atoms with Gasteiger partial charge in [0.15, 0.2) is 5.78 Å². The fourth-order valence-corrected chi connectivity index (χ4v) is 7.78. The molecule has 0 radical (unpaired) electrons. The van der Waals surface area contributed by atoms with Crippen molar-refractivity contribution < 1.29 is 19.1 Å². The van der Waals surface area contributed by atoms with E-state index in [1.807, 2.05) is 26.8 Å². The zero-order valence-corrected chi connectivity index (χ0v) is 21.1. The molecule has 0 aromatic carbocycles. The van der Waals surface area contributed by atoms with E-state index >= 15 is 0 Å². The maximum absolute atomic E-state index is 13.2. The second kappa shape index (κ2) is 8.74. The quantitative estimate of drug-likeness (QED) is 0.594. The van der Waals surface area contributed by atoms with Crippen LogP contribution in [-0.4, -0.2) is 36.5 Å². The molecule has 4 aliphatic carbocycles.